The van der Waals surface area contributed by atoms with Crippen LogP contribution < -0.4 is 5.32 Å². The van der Waals surface area contributed by atoms with Gasteiger partial charge in [-0.1, -0.05) is 6.92 Å². The minimum Gasteiger partial charge on any atom is -0.478 e. The van der Waals surface area contributed by atoms with E-state index in [0.29, 0.717) is 12.1 Å². The minimum atomic E-state index is -0.959. The number of carboxylic acids is 1. The summed E-state index contributed by atoms with van der Waals surface area (Å²) in [6.07, 6.45) is 0.402. The Kier molecular flexibility index (Phi) is 3.66. The van der Waals surface area contributed by atoms with E-state index in [-0.39, 0.29) is 11.5 Å². The first-order valence-electron chi connectivity index (χ1n) is 5.10. The SMILES string of the molecule is CCC(=O)Nc1c(C)cc(C(=O)O)cc1C. The van der Waals surface area contributed by atoms with Crippen LogP contribution in [0.4, 0.5) is 5.69 Å². The van der Waals surface area contributed by atoms with Crippen LogP contribution in [0.3, 0.4) is 0 Å². The molecule has 0 radical (unpaired) electrons. The van der Waals surface area contributed by atoms with Crippen LogP contribution in [0, 0.1) is 13.8 Å². The maximum atomic E-state index is 11.3. The lowest BCUT2D eigenvalue weighted by atomic mass is 10.0. The van der Waals surface area contributed by atoms with Crippen molar-refractivity contribution in [2.24, 2.45) is 0 Å². The van der Waals surface area contributed by atoms with Crippen molar-refractivity contribution in [2.75, 3.05) is 5.32 Å². The molecule has 86 valence electrons. The van der Waals surface area contributed by atoms with E-state index in [1.54, 1.807) is 32.9 Å². The monoisotopic (exact) mass is 221 g/mol. The van der Waals surface area contributed by atoms with Crippen LogP contribution in [0.2, 0.25) is 0 Å². The first-order valence-corrected chi connectivity index (χ1v) is 5.10. The van der Waals surface area contributed by atoms with Gasteiger partial charge in [-0.15, -0.1) is 0 Å². The number of aryl methyl sites for hydroxylation is 2. The molecule has 0 aliphatic rings. The molecular formula is C12H15NO3. The first-order chi connectivity index (χ1) is 7.45. The van der Waals surface area contributed by atoms with Crippen molar-refractivity contribution in [3.8, 4) is 0 Å². The standard InChI is InChI=1S/C12H15NO3/c1-4-10(14)13-11-7(2)5-9(12(15)16)6-8(11)3/h5-6H,4H2,1-3H3,(H,13,14)(H,15,16). The van der Waals surface area contributed by atoms with Gasteiger partial charge in [0, 0.05) is 12.1 Å². The van der Waals surface area contributed by atoms with Gasteiger partial charge in [-0.25, -0.2) is 4.79 Å². The Balaban J connectivity index is 3.12. The van der Waals surface area contributed by atoms with Gasteiger partial charge in [-0.3, -0.25) is 4.79 Å². The number of carbonyl (C=O) groups is 2. The third kappa shape index (κ3) is 2.59. The Morgan fingerprint density at radius 2 is 1.75 bits per heavy atom. The predicted octanol–water partition coefficient (Wildman–Crippen LogP) is 2.35. The van der Waals surface area contributed by atoms with Gasteiger partial charge in [0.25, 0.3) is 0 Å². The Bertz CT molecular complexity index is 415. The summed E-state index contributed by atoms with van der Waals surface area (Å²) in [7, 11) is 0. The fourth-order valence-electron chi connectivity index (χ4n) is 1.51. The maximum absolute atomic E-state index is 11.3. The summed E-state index contributed by atoms with van der Waals surface area (Å²) in [6, 6.07) is 3.11. The topological polar surface area (TPSA) is 66.4 Å². The molecule has 1 rings (SSSR count). The highest BCUT2D eigenvalue weighted by Crippen LogP contribution is 2.22. The summed E-state index contributed by atoms with van der Waals surface area (Å²) in [4.78, 5) is 22.1. The van der Waals surface area contributed by atoms with Crippen molar-refractivity contribution < 1.29 is 14.7 Å². The van der Waals surface area contributed by atoms with Crippen LogP contribution in [-0.2, 0) is 4.79 Å². The lowest BCUT2D eigenvalue weighted by Gasteiger charge is -2.12. The fraction of sp³-hybridized carbons (Fsp3) is 0.333. The predicted molar refractivity (Wildman–Crippen MR) is 61.8 cm³/mol. The molecule has 4 nitrogen and oxygen atoms in total. The number of carbonyl (C=O) groups excluding carboxylic acids is 1. The van der Waals surface area contributed by atoms with Crippen LogP contribution in [0.15, 0.2) is 12.1 Å². The highest BCUT2D eigenvalue weighted by Gasteiger charge is 2.10. The summed E-state index contributed by atoms with van der Waals surface area (Å²) >= 11 is 0. The molecule has 0 bridgehead atoms. The van der Waals surface area contributed by atoms with E-state index in [0.717, 1.165) is 11.1 Å². The van der Waals surface area contributed by atoms with Gasteiger partial charge in [0.2, 0.25) is 5.91 Å². The van der Waals surface area contributed by atoms with Crippen LogP contribution in [0.5, 0.6) is 0 Å². The van der Waals surface area contributed by atoms with Gasteiger partial charge in [0.15, 0.2) is 0 Å². The number of nitrogens with one attached hydrogen (secondary N) is 1. The number of hydrogen-bond donors (Lipinski definition) is 2. The normalized spacial score (nSPS) is 9.94. The number of amides is 1. The molecule has 1 amide bonds. The van der Waals surface area contributed by atoms with Crippen molar-refractivity contribution >= 4 is 17.6 Å². The van der Waals surface area contributed by atoms with E-state index >= 15 is 0 Å². The van der Waals surface area contributed by atoms with E-state index < -0.39 is 5.97 Å². The lowest BCUT2D eigenvalue weighted by molar-refractivity contribution is -0.115. The summed E-state index contributed by atoms with van der Waals surface area (Å²) in [5.41, 5.74) is 2.47. The van der Waals surface area contributed by atoms with Gasteiger partial charge in [0.1, 0.15) is 0 Å². The van der Waals surface area contributed by atoms with Crippen molar-refractivity contribution in [1.82, 2.24) is 0 Å². The second kappa shape index (κ2) is 4.79. The highest BCUT2D eigenvalue weighted by molar-refractivity contribution is 5.94. The molecule has 16 heavy (non-hydrogen) atoms. The molecule has 2 N–H and O–H groups in total. The van der Waals surface area contributed by atoms with Crippen molar-refractivity contribution in [2.45, 2.75) is 27.2 Å². The first kappa shape index (κ1) is 12.2. The third-order valence-electron chi connectivity index (χ3n) is 2.37. The summed E-state index contributed by atoms with van der Waals surface area (Å²) in [6.45, 7) is 5.33. The molecule has 4 heteroatoms. The third-order valence-corrected chi connectivity index (χ3v) is 2.37. The fourth-order valence-corrected chi connectivity index (χ4v) is 1.51. The average Bonchev–Trinajstić information content (AvgIpc) is 2.22. The zero-order chi connectivity index (χ0) is 12.3. The minimum absolute atomic E-state index is 0.0747. The zero-order valence-corrected chi connectivity index (χ0v) is 9.63. The molecule has 1 aromatic rings. The van der Waals surface area contributed by atoms with Gasteiger partial charge in [0.05, 0.1) is 5.56 Å². The molecule has 0 spiro atoms. The second-order valence-electron chi connectivity index (χ2n) is 3.69. The van der Waals surface area contributed by atoms with Gasteiger partial charge in [-0.2, -0.15) is 0 Å². The van der Waals surface area contributed by atoms with Gasteiger partial charge >= 0.3 is 5.97 Å². The van der Waals surface area contributed by atoms with Gasteiger partial charge < -0.3 is 10.4 Å². The van der Waals surface area contributed by atoms with Crippen molar-refractivity contribution in [3.05, 3.63) is 28.8 Å². The van der Waals surface area contributed by atoms with Crippen LogP contribution in [-0.4, -0.2) is 17.0 Å². The van der Waals surface area contributed by atoms with Gasteiger partial charge in [-0.05, 0) is 37.1 Å². The van der Waals surface area contributed by atoms with E-state index in [4.69, 9.17) is 5.11 Å². The van der Waals surface area contributed by atoms with E-state index in [2.05, 4.69) is 5.32 Å². The molecule has 0 aromatic heterocycles. The number of benzene rings is 1. The molecular weight excluding hydrogens is 206 g/mol. The Morgan fingerprint density at radius 1 is 1.25 bits per heavy atom. The molecule has 0 saturated heterocycles. The second-order valence-corrected chi connectivity index (χ2v) is 3.69. The van der Waals surface area contributed by atoms with E-state index in [1.165, 1.54) is 0 Å². The van der Waals surface area contributed by atoms with Crippen molar-refractivity contribution in [1.29, 1.82) is 0 Å². The highest BCUT2D eigenvalue weighted by atomic mass is 16.4. The summed E-state index contributed by atoms with van der Waals surface area (Å²) in [5.74, 6) is -1.03. The number of carboxylic acid groups (broad SMARTS) is 1. The van der Waals surface area contributed by atoms with Crippen molar-refractivity contribution in [3.63, 3.8) is 0 Å². The molecule has 0 saturated carbocycles. The Hall–Kier alpha value is -1.84. The number of rotatable bonds is 3. The average molecular weight is 221 g/mol. The number of anilines is 1. The number of hydrogen-bond acceptors (Lipinski definition) is 2. The summed E-state index contributed by atoms with van der Waals surface area (Å²) < 4.78 is 0. The van der Waals surface area contributed by atoms with E-state index in [1.807, 2.05) is 0 Å². The van der Waals surface area contributed by atoms with E-state index in [9.17, 15) is 9.59 Å². The molecule has 0 heterocycles. The van der Waals surface area contributed by atoms with Crippen LogP contribution in [0.25, 0.3) is 0 Å². The van der Waals surface area contributed by atoms with Crippen LogP contribution >= 0.6 is 0 Å². The molecule has 0 aliphatic carbocycles. The Morgan fingerprint density at radius 3 is 2.12 bits per heavy atom. The van der Waals surface area contributed by atoms with Crippen LogP contribution in [0.1, 0.15) is 34.8 Å². The molecule has 0 aliphatic heterocycles. The quantitative estimate of drug-likeness (QED) is 0.823. The largest absolute Gasteiger partial charge is 0.478 e. The molecule has 0 unspecified atom stereocenters. The maximum Gasteiger partial charge on any atom is 0.335 e. The Labute approximate surface area is 94.3 Å². The lowest BCUT2D eigenvalue weighted by Crippen LogP contribution is -2.12. The molecule has 0 atom stereocenters. The molecule has 1 aromatic carbocycles. The summed E-state index contributed by atoms with van der Waals surface area (Å²) in [5, 5.41) is 11.6. The number of aromatic carboxylic acids is 1. The molecule has 0 fully saturated rings. The smallest absolute Gasteiger partial charge is 0.335 e. The zero-order valence-electron chi connectivity index (χ0n) is 9.63.